The zero-order chi connectivity index (χ0) is 18.6. The largest absolute Gasteiger partial charge is 0.450 e. The molecular weight excluding hydrogens is 336 g/mol. The molecule has 0 unspecified atom stereocenters. The predicted octanol–water partition coefficient (Wildman–Crippen LogP) is 3.15. The lowest BCUT2D eigenvalue weighted by Crippen LogP contribution is -2.44. The summed E-state index contributed by atoms with van der Waals surface area (Å²) in [7, 11) is 0. The van der Waals surface area contributed by atoms with Crippen molar-refractivity contribution in [2.75, 3.05) is 11.9 Å². The highest BCUT2D eigenvalue weighted by molar-refractivity contribution is 5.96. The van der Waals surface area contributed by atoms with E-state index in [0.717, 1.165) is 25.7 Å². The Hall–Kier alpha value is -2.90. The molecule has 138 valence electrons. The molecule has 0 aliphatic heterocycles. The molecule has 0 spiro atoms. The smallest absolute Gasteiger partial charge is 0.411 e. The van der Waals surface area contributed by atoms with E-state index < -0.39 is 11.6 Å². The van der Waals surface area contributed by atoms with Crippen LogP contribution in [0.2, 0.25) is 0 Å². The number of nitrogens with zero attached hydrogens (tertiary/aromatic N) is 2. The van der Waals surface area contributed by atoms with Crippen LogP contribution in [0.15, 0.2) is 28.8 Å². The maximum absolute atomic E-state index is 12.8. The zero-order valence-electron chi connectivity index (χ0n) is 14.9. The van der Waals surface area contributed by atoms with E-state index in [-0.39, 0.29) is 12.5 Å². The van der Waals surface area contributed by atoms with Crippen molar-refractivity contribution in [2.45, 2.75) is 45.1 Å². The lowest BCUT2D eigenvalue weighted by molar-refractivity contribution is 0.0891. The Morgan fingerprint density at radius 2 is 2.08 bits per heavy atom. The van der Waals surface area contributed by atoms with E-state index in [1.807, 2.05) is 0 Å². The highest BCUT2D eigenvalue weighted by Gasteiger charge is 2.41. The summed E-state index contributed by atoms with van der Waals surface area (Å²) in [5.41, 5.74) is 0.317. The van der Waals surface area contributed by atoms with Crippen molar-refractivity contribution in [1.82, 2.24) is 15.5 Å². The van der Waals surface area contributed by atoms with E-state index in [1.165, 1.54) is 0 Å². The molecule has 1 aromatic carbocycles. The van der Waals surface area contributed by atoms with Gasteiger partial charge in [-0.15, -0.1) is 0 Å². The third kappa shape index (κ3) is 3.84. The van der Waals surface area contributed by atoms with Gasteiger partial charge in [-0.1, -0.05) is 24.1 Å². The van der Waals surface area contributed by atoms with Crippen LogP contribution in [-0.4, -0.2) is 28.7 Å². The Bertz CT molecular complexity index is 796. The van der Waals surface area contributed by atoms with Crippen LogP contribution in [-0.2, 0) is 10.3 Å². The van der Waals surface area contributed by atoms with Crippen molar-refractivity contribution in [1.29, 1.82) is 0 Å². The summed E-state index contributed by atoms with van der Waals surface area (Å²) in [5, 5.41) is 9.69. The molecule has 8 heteroatoms. The molecule has 1 heterocycles. The van der Waals surface area contributed by atoms with E-state index in [0.29, 0.717) is 23.0 Å². The number of carbonyl (C=O) groups is 2. The molecule has 1 fully saturated rings. The molecule has 2 N–H and O–H groups in total. The number of aryl methyl sites for hydroxylation is 1. The van der Waals surface area contributed by atoms with E-state index >= 15 is 0 Å². The van der Waals surface area contributed by atoms with Crippen molar-refractivity contribution in [3.63, 3.8) is 0 Å². The van der Waals surface area contributed by atoms with Crippen LogP contribution in [0.25, 0.3) is 0 Å². The van der Waals surface area contributed by atoms with Gasteiger partial charge in [0, 0.05) is 18.2 Å². The van der Waals surface area contributed by atoms with Gasteiger partial charge in [0.15, 0.2) is 5.82 Å². The van der Waals surface area contributed by atoms with Crippen LogP contribution in [0.1, 0.15) is 54.7 Å². The quantitative estimate of drug-likeness (QED) is 0.850. The van der Waals surface area contributed by atoms with Crippen molar-refractivity contribution in [3.05, 3.63) is 41.5 Å². The number of benzene rings is 1. The average Bonchev–Trinajstić information content (AvgIpc) is 3.25. The molecule has 1 saturated carbocycles. The van der Waals surface area contributed by atoms with Gasteiger partial charge >= 0.3 is 6.09 Å². The third-order valence-electron chi connectivity index (χ3n) is 4.41. The molecule has 8 nitrogen and oxygen atoms in total. The second-order valence-corrected chi connectivity index (χ2v) is 6.31. The number of carbonyl (C=O) groups excluding carboxylic acids is 2. The SMILES string of the molecule is CCOC(=O)Nc1cccc(C(=O)NC2(c3noc(C)n3)CCCC2)c1. The number of hydrogen-bond donors (Lipinski definition) is 2. The Kier molecular flexibility index (Phi) is 5.20. The van der Waals surface area contributed by atoms with Gasteiger partial charge in [-0.25, -0.2) is 4.79 Å². The summed E-state index contributed by atoms with van der Waals surface area (Å²) < 4.78 is 9.95. The monoisotopic (exact) mass is 358 g/mol. The Balaban J connectivity index is 1.77. The van der Waals surface area contributed by atoms with E-state index in [2.05, 4.69) is 20.8 Å². The minimum Gasteiger partial charge on any atom is -0.450 e. The van der Waals surface area contributed by atoms with Crippen LogP contribution in [0.3, 0.4) is 0 Å². The summed E-state index contributed by atoms with van der Waals surface area (Å²) in [4.78, 5) is 28.7. The van der Waals surface area contributed by atoms with Crippen LogP contribution in [0.5, 0.6) is 0 Å². The summed E-state index contributed by atoms with van der Waals surface area (Å²) in [5.74, 6) is 0.740. The number of anilines is 1. The van der Waals surface area contributed by atoms with Gasteiger partial charge in [-0.3, -0.25) is 10.1 Å². The molecule has 0 bridgehead atoms. The first kappa shape index (κ1) is 17.9. The van der Waals surface area contributed by atoms with Gasteiger partial charge in [-0.2, -0.15) is 4.98 Å². The van der Waals surface area contributed by atoms with Gasteiger partial charge in [0.05, 0.1) is 6.61 Å². The average molecular weight is 358 g/mol. The van der Waals surface area contributed by atoms with Gasteiger partial charge in [0.2, 0.25) is 5.89 Å². The number of aromatic nitrogens is 2. The number of amides is 2. The molecule has 2 aromatic rings. The Morgan fingerprint density at radius 3 is 2.73 bits per heavy atom. The number of nitrogens with one attached hydrogen (secondary N) is 2. The zero-order valence-corrected chi connectivity index (χ0v) is 14.9. The summed E-state index contributed by atoms with van der Waals surface area (Å²) in [6, 6.07) is 6.70. The summed E-state index contributed by atoms with van der Waals surface area (Å²) in [6.07, 6.45) is 2.94. The topological polar surface area (TPSA) is 106 Å². The van der Waals surface area contributed by atoms with Gasteiger partial charge in [0.25, 0.3) is 5.91 Å². The highest BCUT2D eigenvalue weighted by Crippen LogP contribution is 2.37. The van der Waals surface area contributed by atoms with E-state index in [1.54, 1.807) is 38.1 Å². The van der Waals surface area contributed by atoms with Crippen LogP contribution >= 0.6 is 0 Å². The van der Waals surface area contributed by atoms with Gasteiger partial charge < -0.3 is 14.6 Å². The molecule has 1 aliphatic carbocycles. The van der Waals surface area contributed by atoms with Crippen molar-refractivity contribution in [2.24, 2.45) is 0 Å². The normalized spacial score (nSPS) is 15.5. The van der Waals surface area contributed by atoms with E-state index in [4.69, 9.17) is 9.26 Å². The molecule has 0 radical (unpaired) electrons. The molecule has 3 rings (SSSR count). The second-order valence-electron chi connectivity index (χ2n) is 6.31. The van der Waals surface area contributed by atoms with Crippen LogP contribution in [0.4, 0.5) is 10.5 Å². The molecule has 1 aromatic heterocycles. The molecule has 0 atom stereocenters. The predicted molar refractivity (Wildman–Crippen MR) is 93.7 cm³/mol. The third-order valence-corrected chi connectivity index (χ3v) is 4.41. The molecule has 1 aliphatic rings. The second kappa shape index (κ2) is 7.55. The molecule has 26 heavy (non-hydrogen) atoms. The summed E-state index contributed by atoms with van der Waals surface area (Å²) >= 11 is 0. The van der Waals surface area contributed by atoms with Gasteiger partial charge in [-0.05, 0) is 38.0 Å². The van der Waals surface area contributed by atoms with Crippen LogP contribution in [0, 0.1) is 6.92 Å². The molecular formula is C18H22N4O4. The lowest BCUT2D eigenvalue weighted by atomic mass is 9.96. The lowest BCUT2D eigenvalue weighted by Gasteiger charge is -2.26. The fourth-order valence-electron chi connectivity index (χ4n) is 3.19. The van der Waals surface area contributed by atoms with Crippen molar-refractivity contribution < 1.29 is 18.8 Å². The number of hydrogen-bond acceptors (Lipinski definition) is 6. The van der Waals surface area contributed by atoms with Crippen molar-refractivity contribution >= 4 is 17.7 Å². The van der Waals surface area contributed by atoms with Crippen molar-refractivity contribution in [3.8, 4) is 0 Å². The highest BCUT2D eigenvalue weighted by atomic mass is 16.5. The maximum Gasteiger partial charge on any atom is 0.411 e. The summed E-state index contributed by atoms with van der Waals surface area (Å²) in [6.45, 7) is 3.73. The standard InChI is InChI=1S/C18H22N4O4/c1-3-25-17(24)20-14-8-6-7-13(11-14)15(23)21-18(9-4-5-10-18)16-19-12(2)26-22-16/h6-8,11H,3-5,9-10H2,1-2H3,(H,20,24)(H,21,23). The minimum absolute atomic E-state index is 0.248. The fourth-order valence-corrected chi connectivity index (χ4v) is 3.19. The Morgan fingerprint density at radius 1 is 1.31 bits per heavy atom. The number of rotatable bonds is 5. The van der Waals surface area contributed by atoms with E-state index in [9.17, 15) is 9.59 Å². The fraction of sp³-hybridized carbons (Fsp3) is 0.444. The first-order chi connectivity index (χ1) is 12.5. The minimum atomic E-state index is -0.612. The van der Waals surface area contributed by atoms with Crippen LogP contribution < -0.4 is 10.6 Å². The Labute approximate surface area is 151 Å². The van der Waals surface area contributed by atoms with Gasteiger partial charge in [0.1, 0.15) is 5.54 Å². The molecule has 2 amide bonds. The first-order valence-corrected chi connectivity index (χ1v) is 8.69. The maximum atomic E-state index is 12.8. The molecule has 0 saturated heterocycles. The first-order valence-electron chi connectivity index (χ1n) is 8.69. The number of ether oxygens (including phenoxy) is 1.